The van der Waals surface area contributed by atoms with E-state index in [1.165, 1.54) is 0 Å². The van der Waals surface area contributed by atoms with E-state index in [9.17, 15) is 16.8 Å². The zero-order valence-electron chi connectivity index (χ0n) is 30.8. The average Bonchev–Trinajstić information content (AvgIpc) is 3.11. The molecular weight excluding hydrogens is 721 g/mol. The predicted molar refractivity (Wildman–Crippen MR) is 200 cm³/mol. The average molecular weight is 767 g/mol. The van der Waals surface area contributed by atoms with Crippen LogP contribution in [0.25, 0.3) is 22.5 Å². The fraction of sp³-hybridized carbons (Fsp3) is 0.353. The highest BCUT2D eigenvalue weighted by Gasteiger charge is 2.18. The smallest absolute Gasteiger partial charge is 0.261 e. The molecular formula is C34H46N4O12S2. The number of rotatable bonds is 13. The van der Waals surface area contributed by atoms with E-state index in [0.717, 1.165) is 47.0 Å². The number of likely N-dealkylation sites (N-methyl/N-ethyl adjacent to an activating group) is 2. The van der Waals surface area contributed by atoms with Crippen molar-refractivity contribution in [2.75, 3.05) is 92.2 Å². The van der Waals surface area contributed by atoms with Gasteiger partial charge in [0.25, 0.3) is 20.2 Å². The summed E-state index contributed by atoms with van der Waals surface area (Å²) in [5.41, 5.74) is 5.02. The maximum Gasteiger partial charge on any atom is 0.261 e. The third-order valence-corrected chi connectivity index (χ3v) is 7.09. The number of methoxy groups -OCH3 is 6. The van der Waals surface area contributed by atoms with Gasteiger partial charge in [0.2, 0.25) is 0 Å². The molecule has 0 saturated heterocycles. The molecule has 0 bridgehead atoms. The Bertz CT molecular complexity index is 1750. The molecule has 16 nitrogen and oxygen atoms in total. The minimum absolute atomic E-state index is 0.630. The second-order valence-electron chi connectivity index (χ2n) is 10.9. The van der Waals surface area contributed by atoms with Gasteiger partial charge in [0, 0.05) is 51.5 Å². The third kappa shape index (κ3) is 13.6. The first-order valence-corrected chi connectivity index (χ1v) is 18.9. The number of benzene rings is 2. The van der Waals surface area contributed by atoms with Crippen molar-refractivity contribution in [2.45, 2.75) is 0 Å². The van der Waals surface area contributed by atoms with Crippen LogP contribution in [0.5, 0.6) is 34.5 Å². The van der Waals surface area contributed by atoms with Crippen LogP contribution in [-0.4, -0.2) is 118 Å². The van der Waals surface area contributed by atoms with Crippen molar-refractivity contribution >= 4 is 31.6 Å². The van der Waals surface area contributed by atoms with E-state index in [2.05, 4.69) is 9.80 Å². The van der Waals surface area contributed by atoms with Crippen LogP contribution in [0.2, 0.25) is 0 Å². The Morgan fingerprint density at radius 1 is 0.538 bits per heavy atom. The summed E-state index contributed by atoms with van der Waals surface area (Å²) in [6.07, 6.45) is 5.13. The van der Waals surface area contributed by atoms with Crippen LogP contribution in [0.1, 0.15) is 0 Å². The summed E-state index contributed by atoms with van der Waals surface area (Å²) in [4.78, 5) is 13.7. The summed E-state index contributed by atoms with van der Waals surface area (Å²) in [6.45, 7) is 1.54. The summed E-state index contributed by atoms with van der Waals surface area (Å²) < 4.78 is 84.8. The van der Waals surface area contributed by atoms with E-state index in [1.807, 2.05) is 75.0 Å². The van der Waals surface area contributed by atoms with Crippen LogP contribution in [-0.2, 0) is 20.2 Å². The number of pyridine rings is 2. The fourth-order valence-electron chi connectivity index (χ4n) is 4.59. The van der Waals surface area contributed by atoms with Crippen LogP contribution in [0.3, 0.4) is 0 Å². The van der Waals surface area contributed by atoms with Crippen LogP contribution < -0.4 is 38.2 Å². The molecule has 0 amide bonds. The number of aromatic nitrogens is 2. The predicted octanol–water partition coefficient (Wildman–Crippen LogP) is 4.44. The number of hydrogen-bond acceptors (Lipinski definition) is 14. The number of anilines is 2. The molecule has 2 heterocycles. The van der Waals surface area contributed by atoms with Crippen molar-refractivity contribution in [3.05, 3.63) is 60.9 Å². The quantitative estimate of drug-likeness (QED) is 0.181. The lowest BCUT2D eigenvalue weighted by Gasteiger charge is -2.25. The molecule has 0 aliphatic heterocycles. The topological polar surface area (TPSA) is 196 Å². The monoisotopic (exact) mass is 766 g/mol. The summed E-state index contributed by atoms with van der Waals surface area (Å²) in [7, 11) is 6.44. The molecule has 0 aliphatic rings. The van der Waals surface area contributed by atoms with Crippen LogP contribution in [0, 0.1) is 0 Å². The van der Waals surface area contributed by atoms with Crippen molar-refractivity contribution in [1.82, 2.24) is 9.97 Å². The first-order valence-electron chi connectivity index (χ1n) is 15.2. The van der Waals surface area contributed by atoms with Gasteiger partial charge in [-0.25, -0.2) is 0 Å². The zero-order valence-corrected chi connectivity index (χ0v) is 32.4. The van der Waals surface area contributed by atoms with Gasteiger partial charge in [-0.1, -0.05) is 0 Å². The SMILES string of the molecule is COc1cc(OC)c(-c2ccc(N(C)CCN(C)c3ccc(-c4c(OC)cc(OC)cc4OC)nc3)cn2)c(OC)c1.CS(=O)(=O)O.CS(=O)(=O)O. The molecule has 2 aromatic carbocycles. The van der Waals surface area contributed by atoms with Gasteiger partial charge in [0.1, 0.15) is 34.5 Å². The molecule has 0 aliphatic carbocycles. The highest BCUT2D eigenvalue weighted by molar-refractivity contribution is 7.85. The van der Waals surface area contributed by atoms with Crippen LogP contribution in [0.15, 0.2) is 60.9 Å². The summed E-state index contributed by atoms with van der Waals surface area (Å²) in [6, 6.07) is 15.3. The van der Waals surface area contributed by atoms with Gasteiger partial charge < -0.3 is 38.2 Å². The van der Waals surface area contributed by atoms with Crippen molar-refractivity contribution in [1.29, 1.82) is 0 Å². The molecule has 18 heteroatoms. The zero-order chi connectivity index (χ0) is 39.2. The Hall–Kier alpha value is -5.04. The van der Waals surface area contributed by atoms with Crippen molar-refractivity contribution in [3.8, 4) is 57.0 Å². The standard InChI is InChI=1S/C32H38N4O6.2CH4O3S/c1-35(21-9-11-25(33-19-21)31-27(39-5)15-23(37-3)16-28(31)40-6)13-14-36(2)22-10-12-26(34-20-22)32-29(41-7)17-24(38-4)18-30(32)42-8;2*1-5(2,3)4/h9-12,15-20H,13-14H2,1-8H3;2*1H3,(H,2,3,4). The van der Waals surface area contributed by atoms with Gasteiger partial charge in [0.15, 0.2) is 0 Å². The molecule has 0 radical (unpaired) electrons. The molecule has 0 spiro atoms. The number of ether oxygens (including phenoxy) is 6. The van der Waals surface area contributed by atoms with E-state index >= 15 is 0 Å². The molecule has 286 valence electrons. The van der Waals surface area contributed by atoms with Gasteiger partial charge in [-0.05, 0) is 24.3 Å². The molecule has 2 N–H and O–H groups in total. The molecule has 0 saturated carbocycles. The first-order chi connectivity index (χ1) is 24.4. The van der Waals surface area contributed by atoms with E-state index < -0.39 is 20.2 Å². The second-order valence-corrected chi connectivity index (χ2v) is 13.9. The van der Waals surface area contributed by atoms with Gasteiger partial charge in [-0.2, -0.15) is 16.8 Å². The Morgan fingerprint density at radius 2 is 0.808 bits per heavy atom. The van der Waals surface area contributed by atoms with Crippen LogP contribution in [0.4, 0.5) is 11.4 Å². The first kappa shape index (κ1) is 43.1. The van der Waals surface area contributed by atoms with Crippen molar-refractivity contribution in [2.24, 2.45) is 0 Å². The fourth-order valence-corrected chi connectivity index (χ4v) is 4.59. The lowest BCUT2D eigenvalue weighted by Crippen LogP contribution is -2.30. The highest BCUT2D eigenvalue weighted by atomic mass is 32.2. The van der Waals surface area contributed by atoms with Gasteiger partial charge in [0.05, 0.1) is 101 Å². The molecule has 0 unspecified atom stereocenters. The lowest BCUT2D eigenvalue weighted by atomic mass is 10.1. The van der Waals surface area contributed by atoms with Crippen molar-refractivity contribution < 1.29 is 54.4 Å². The number of nitrogens with zero attached hydrogens (tertiary/aromatic N) is 4. The van der Waals surface area contributed by atoms with E-state index in [4.69, 9.17) is 47.5 Å². The summed E-state index contributed by atoms with van der Waals surface area (Å²) in [5.74, 6) is 3.82. The van der Waals surface area contributed by atoms with E-state index in [1.54, 1.807) is 42.7 Å². The van der Waals surface area contributed by atoms with Gasteiger partial charge in [-0.15, -0.1) is 0 Å². The Morgan fingerprint density at radius 3 is 1.00 bits per heavy atom. The second kappa shape index (κ2) is 19.5. The normalized spacial score (nSPS) is 10.8. The maximum atomic E-state index is 9.19. The largest absolute Gasteiger partial charge is 0.496 e. The van der Waals surface area contributed by atoms with Gasteiger partial charge in [-0.3, -0.25) is 19.1 Å². The highest BCUT2D eigenvalue weighted by Crippen LogP contribution is 2.42. The van der Waals surface area contributed by atoms with Crippen molar-refractivity contribution in [3.63, 3.8) is 0 Å². The minimum Gasteiger partial charge on any atom is -0.496 e. The number of hydrogen-bond donors (Lipinski definition) is 2. The summed E-state index contributed by atoms with van der Waals surface area (Å²) >= 11 is 0. The molecule has 0 fully saturated rings. The lowest BCUT2D eigenvalue weighted by molar-refractivity contribution is 0.377. The maximum absolute atomic E-state index is 9.19. The van der Waals surface area contributed by atoms with Crippen LogP contribution >= 0.6 is 0 Å². The van der Waals surface area contributed by atoms with E-state index in [-0.39, 0.29) is 0 Å². The minimum atomic E-state index is -3.67. The third-order valence-electron chi connectivity index (χ3n) is 7.09. The molecule has 2 aromatic heterocycles. The Balaban J connectivity index is 0.000000825. The Kier molecular flexibility index (Phi) is 16.2. The van der Waals surface area contributed by atoms with Gasteiger partial charge >= 0.3 is 0 Å². The Labute approximate surface area is 305 Å². The molecule has 0 atom stereocenters. The molecule has 4 rings (SSSR count). The van der Waals surface area contributed by atoms with E-state index in [0.29, 0.717) is 47.0 Å². The molecule has 4 aromatic rings. The summed E-state index contributed by atoms with van der Waals surface area (Å²) in [5, 5.41) is 0. The molecule has 52 heavy (non-hydrogen) atoms.